The zero-order chi connectivity index (χ0) is 12.5. The molecule has 1 aromatic heterocycles. The van der Waals surface area contributed by atoms with E-state index in [1.165, 1.54) is 6.42 Å². The number of rotatable bonds is 1. The fraction of sp³-hybridized carbons (Fsp3) is 0.727. The van der Waals surface area contributed by atoms with E-state index in [2.05, 4.69) is 15.2 Å². The first kappa shape index (κ1) is 11.5. The topological polar surface area (TPSA) is 97.1 Å². The van der Waals surface area contributed by atoms with Crippen LogP contribution in [0.25, 0.3) is 0 Å². The molecule has 2 atom stereocenters. The fourth-order valence-electron chi connectivity index (χ4n) is 2.86. The molecule has 18 heavy (non-hydrogen) atoms. The van der Waals surface area contributed by atoms with Crippen molar-refractivity contribution in [2.45, 2.75) is 37.8 Å². The van der Waals surface area contributed by atoms with Crippen LogP contribution < -0.4 is 5.73 Å². The van der Waals surface area contributed by atoms with Crippen molar-refractivity contribution >= 4 is 11.9 Å². The van der Waals surface area contributed by atoms with E-state index in [9.17, 15) is 4.79 Å². The van der Waals surface area contributed by atoms with E-state index in [1.54, 1.807) is 0 Å². The quantitative estimate of drug-likeness (QED) is 0.741. The molecule has 7 nitrogen and oxygen atoms in total. The lowest BCUT2D eigenvalue weighted by Gasteiger charge is -2.43. The number of anilines is 1. The van der Waals surface area contributed by atoms with Gasteiger partial charge in [0.2, 0.25) is 11.8 Å². The Morgan fingerprint density at radius 2 is 2.28 bits per heavy atom. The number of aromatic nitrogens is 3. The Morgan fingerprint density at radius 3 is 3.06 bits per heavy atom. The van der Waals surface area contributed by atoms with Gasteiger partial charge in [-0.3, -0.25) is 9.89 Å². The minimum Gasteiger partial charge on any atom is -0.374 e. The number of hydrogen-bond acceptors (Lipinski definition) is 5. The molecule has 1 aliphatic heterocycles. The lowest BCUT2D eigenvalue weighted by Crippen LogP contribution is -2.55. The Hall–Kier alpha value is -1.63. The predicted molar refractivity (Wildman–Crippen MR) is 63.8 cm³/mol. The number of carbonyl (C=O) groups is 1. The van der Waals surface area contributed by atoms with Gasteiger partial charge >= 0.3 is 0 Å². The molecule has 0 radical (unpaired) electrons. The van der Waals surface area contributed by atoms with Crippen LogP contribution in [-0.2, 0) is 4.74 Å². The van der Waals surface area contributed by atoms with Gasteiger partial charge in [-0.05, 0) is 12.8 Å². The zero-order valence-corrected chi connectivity index (χ0v) is 10.1. The number of nitrogen functional groups attached to an aromatic ring is 1. The Labute approximate surface area is 105 Å². The number of nitrogens with one attached hydrogen (secondary N) is 1. The van der Waals surface area contributed by atoms with Crippen LogP contribution in [0.1, 0.15) is 36.3 Å². The van der Waals surface area contributed by atoms with Crippen molar-refractivity contribution in [1.29, 1.82) is 0 Å². The highest BCUT2D eigenvalue weighted by Gasteiger charge is 2.37. The average Bonchev–Trinajstić information content (AvgIpc) is 2.84. The van der Waals surface area contributed by atoms with Gasteiger partial charge in [0.25, 0.3) is 5.91 Å². The van der Waals surface area contributed by atoms with Gasteiger partial charge in [0.05, 0.1) is 18.8 Å². The lowest BCUT2D eigenvalue weighted by molar-refractivity contribution is -0.0755. The van der Waals surface area contributed by atoms with Gasteiger partial charge < -0.3 is 15.4 Å². The molecule has 3 rings (SSSR count). The van der Waals surface area contributed by atoms with Crippen LogP contribution in [0.15, 0.2) is 0 Å². The van der Waals surface area contributed by atoms with Gasteiger partial charge in [0, 0.05) is 6.54 Å². The molecule has 0 aromatic carbocycles. The van der Waals surface area contributed by atoms with Gasteiger partial charge in [0.15, 0.2) is 0 Å². The number of nitrogens with zero attached hydrogens (tertiary/aromatic N) is 3. The van der Waals surface area contributed by atoms with E-state index >= 15 is 0 Å². The molecule has 1 saturated carbocycles. The van der Waals surface area contributed by atoms with Crippen LogP contribution in [0.5, 0.6) is 0 Å². The summed E-state index contributed by atoms with van der Waals surface area (Å²) in [6.07, 6.45) is 4.54. The van der Waals surface area contributed by atoms with Gasteiger partial charge in [-0.15, -0.1) is 5.10 Å². The van der Waals surface area contributed by atoms with Crippen molar-refractivity contribution in [2.75, 3.05) is 18.9 Å². The third kappa shape index (κ3) is 1.94. The first-order chi connectivity index (χ1) is 8.75. The molecule has 98 valence electrons. The average molecular weight is 251 g/mol. The number of ether oxygens (including phenoxy) is 1. The maximum absolute atomic E-state index is 12.3. The number of amides is 1. The number of carbonyl (C=O) groups excluding carboxylic acids is 1. The minimum absolute atomic E-state index is 0.104. The summed E-state index contributed by atoms with van der Waals surface area (Å²) in [7, 11) is 0. The molecule has 1 amide bonds. The van der Waals surface area contributed by atoms with Crippen LogP contribution in [0.2, 0.25) is 0 Å². The molecule has 7 heteroatoms. The standard InChI is InChI=1S/C11H17N5O2/c12-11-13-9(14-15-11)10(17)16-5-6-18-8-4-2-1-3-7(8)16/h7-8H,1-6H2,(H3,12,13,14,15). The first-order valence-corrected chi connectivity index (χ1v) is 6.36. The minimum atomic E-state index is -0.126. The number of H-pyrrole nitrogens is 1. The molecule has 2 aliphatic rings. The Bertz CT molecular complexity index is 444. The van der Waals surface area contributed by atoms with Crippen LogP contribution in [-0.4, -0.2) is 51.3 Å². The van der Waals surface area contributed by atoms with E-state index in [-0.39, 0.29) is 29.8 Å². The second-order valence-electron chi connectivity index (χ2n) is 4.80. The Kier molecular flexibility index (Phi) is 2.91. The van der Waals surface area contributed by atoms with Crippen LogP contribution >= 0.6 is 0 Å². The highest BCUT2D eigenvalue weighted by molar-refractivity contribution is 5.91. The third-order valence-electron chi connectivity index (χ3n) is 3.70. The largest absolute Gasteiger partial charge is 0.374 e. The normalized spacial score (nSPS) is 27.9. The second kappa shape index (κ2) is 4.56. The lowest BCUT2D eigenvalue weighted by atomic mass is 9.90. The Morgan fingerprint density at radius 1 is 1.44 bits per heavy atom. The van der Waals surface area contributed by atoms with Crippen molar-refractivity contribution in [3.8, 4) is 0 Å². The smallest absolute Gasteiger partial charge is 0.291 e. The van der Waals surface area contributed by atoms with Crippen molar-refractivity contribution in [2.24, 2.45) is 0 Å². The number of nitrogens with two attached hydrogens (primary N) is 1. The van der Waals surface area contributed by atoms with Gasteiger partial charge in [0.1, 0.15) is 0 Å². The monoisotopic (exact) mass is 251 g/mol. The molecule has 1 aromatic rings. The van der Waals surface area contributed by atoms with Crippen molar-refractivity contribution in [3.05, 3.63) is 5.82 Å². The number of hydrogen-bond donors (Lipinski definition) is 2. The summed E-state index contributed by atoms with van der Waals surface area (Å²) in [6, 6.07) is 0.173. The van der Waals surface area contributed by atoms with E-state index in [0.29, 0.717) is 13.2 Å². The molecule has 0 bridgehead atoms. The molecule has 1 saturated heterocycles. The molecular weight excluding hydrogens is 234 g/mol. The van der Waals surface area contributed by atoms with Crippen molar-refractivity contribution < 1.29 is 9.53 Å². The highest BCUT2D eigenvalue weighted by Crippen LogP contribution is 2.29. The van der Waals surface area contributed by atoms with Crippen LogP contribution in [0, 0.1) is 0 Å². The van der Waals surface area contributed by atoms with Gasteiger partial charge in [-0.25, -0.2) is 0 Å². The van der Waals surface area contributed by atoms with E-state index in [4.69, 9.17) is 10.5 Å². The molecule has 2 heterocycles. The van der Waals surface area contributed by atoms with Gasteiger partial charge in [-0.1, -0.05) is 12.8 Å². The summed E-state index contributed by atoms with van der Waals surface area (Å²) in [4.78, 5) is 18.1. The molecule has 2 unspecified atom stereocenters. The van der Waals surface area contributed by atoms with E-state index in [1.807, 2.05) is 4.90 Å². The van der Waals surface area contributed by atoms with Crippen molar-refractivity contribution in [3.63, 3.8) is 0 Å². The van der Waals surface area contributed by atoms with E-state index in [0.717, 1.165) is 19.3 Å². The maximum Gasteiger partial charge on any atom is 0.291 e. The number of fused-ring (bicyclic) bond motifs is 1. The maximum atomic E-state index is 12.3. The predicted octanol–water partition coefficient (Wildman–Crippen LogP) is 0.170. The summed E-state index contributed by atoms with van der Waals surface area (Å²) in [5, 5.41) is 6.28. The van der Waals surface area contributed by atoms with Crippen LogP contribution in [0.4, 0.5) is 5.95 Å². The molecule has 3 N–H and O–H groups in total. The van der Waals surface area contributed by atoms with Gasteiger partial charge in [-0.2, -0.15) is 4.98 Å². The zero-order valence-electron chi connectivity index (χ0n) is 10.1. The molecule has 2 fully saturated rings. The second-order valence-corrected chi connectivity index (χ2v) is 4.80. The summed E-state index contributed by atoms with van der Waals surface area (Å²) in [6.45, 7) is 1.21. The summed E-state index contributed by atoms with van der Waals surface area (Å²) >= 11 is 0. The van der Waals surface area contributed by atoms with E-state index < -0.39 is 0 Å². The van der Waals surface area contributed by atoms with Crippen LogP contribution in [0.3, 0.4) is 0 Å². The highest BCUT2D eigenvalue weighted by atomic mass is 16.5. The SMILES string of the molecule is Nc1n[nH]c(C(=O)N2CCOC3CCCCC32)n1. The first-order valence-electron chi connectivity index (χ1n) is 6.36. The summed E-state index contributed by atoms with van der Waals surface area (Å²) in [5.74, 6) is 0.199. The molecular formula is C11H17N5O2. The summed E-state index contributed by atoms with van der Waals surface area (Å²) in [5.41, 5.74) is 5.43. The molecule has 0 spiro atoms. The Balaban J connectivity index is 1.79. The number of aromatic amines is 1. The summed E-state index contributed by atoms with van der Waals surface area (Å²) < 4.78 is 5.74. The number of morpholine rings is 1. The van der Waals surface area contributed by atoms with Crippen molar-refractivity contribution in [1.82, 2.24) is 20.1 Å². The third-order valence-corrected chi connectivity index (χ3v) is 3.70. The molecule has 1 aliphatic carbocycles. The fourth-order valence-corrected chi connectivity index (χ4v) is 2.86.